The van der Waals surface area contributed by atoms with Crippen LogP contribution in [0, 0.1) is 0 Å². The smallest absolute Gasteiger partial charge is 0.197 e. The van der Waals surface area contributed by atoms with E-state index in [1.807, 2.05) is 24.3 Å². The summed E-state index contributed by atoms with van der Waals surface area (Å²) in [6.45, 7) is 7.82. The van der Waals surface area contributed by atoms with E-state index in [9.17, 15) is 4.79 Å². The lowest BCUT2D eigenvalue weighted by Crippen LogP contribution is -2.27. The normalized spacial score (nSPS) is 11.1. The van der Waals surface area contributed by atoms with Crippen LogP contribution in [0.1, 0.15) is 13.8 Å². The van der Waals surface area contributed by atoms with Gasteiger partial charge in [0.1, 0.15) is 40.6 Å². The minimum atomic E-state index is -0.166. The minimum Gasteiger partial charge on any atom is -0.496 e. The molecule has 2 aromatic carbocycles. The van der Waals surface area contributed by atoms with E-state index in [-0.39, 0.29) is 5.43 Å². The Labute approximate surface area is 170 Å². The van der Waals surface area contributed by atoms with Gasteiger partial charge in [-0.2, -0.15) is 0 Å². The summed E-state index contributed by atoms with van der Waals surface area (Å²) in [6, 6.07) is 12.4. The van der Waals surface area contributed by atoms with E-state index < -0.39 is 0 Å². The van der Waals surface area contributed by atoms with Crippen LogP contribution >= 0.6 is 0 Å². The first-order valence-electron chi connectivity index (χ1n) is 9.75. The Bertz CT molecular complexity index is 1010. The SMILES string of the molecule is CCN(CC)CCOc1ccc(-c2cc(=O)c3c(OC)cc(OC)cc3o2)cc1. The highest BCUT2D eigenvalue weighted by Crippen LogP contribution is 2.32. The summed E-state index contributed by atoms with van der Waals surface area (Å²) in [5.74, 6) is 2.25. The highest BCUT2D eigenvalue weighted by atomic mass is 16.5. The summed E-state index contributed by atoms with van der Waals surface area (Å²) in [5, 5.41) is 0.397. The summed E-state index contributed by atoms with van der Waals surface area (Å²) in [6.07, 6.45) is 0. The Morgan fingerprint density at radius 1 is 0.931 bits per heavy atom. The third kappa shape index (κ3) is 4.71. The molecule has 6 nitrogen and oxygen atoms in total. The fourth-order valence-corrected chi connectivity index (χ4v) is 3.20. The summed E-state index contributed by atoms with van der Waals surface area (Å²) in [4.78, 5) is 15.0. The molecule has 3 aromatic rings. The number of likely N-dealkylation sites (N-methyl/N-ethyl adjacent to an activating group) is 1. The standard InChI is InChI=1S/C23H27NO5/c1-5-24(6-2)11-12-28-17-9-7-16(8-10-17)20-15-19(25)23-21(27-4)13-18(26-3)14-22(23)29-20/h7-10,13-15H,5-6,11-12H2,1-4H3. The number of rotatable bonds is 9. The number of ether oxygens (including phenoxy) is 3. The van der Waals surface area contributed by atoms with Crippen LogP contribution in [0.3, 0.4) is 0 Å². The average Bonchev–Trinajstić information content (AvgIpc) is 2.76. The van der Waals surface area contributed by atoms with Crippen molar-refractivity contribution in [3.8, 4) is 28.6 Å². The number of fused-ring (bicyclic) bond motifs is 1. The number of nitrogens with zero attached hydrogens (tertiary/aromatic N) is 1. The Morgan fingerprint density at radius 3 is 2.28 bits per heavy atom. The van der Waals surface area contributed by atoms with Crippen LogP contribution in [0.5, 0.6) is 17.2 Å². The summed E-state index contributed by atoms with van der Waals surface area (Å²) in [7, 11) is 3.07. The lowest BCUT2D eigenvalue weighted by Gasteiger charge is -2.18. The van der Waals surface area contributed by atoms with E-state index >= 15 is 0 Å². The Morgan fingerprint density at radius 2 is 1.66 bits per heavy atom. The number of methoxy groups -OCH3 is 2. The summed E-state index contributed by atoms with van der Waals surface area (Å²) < 4.78 is 22.4. The van der Waals surface area contributed by atoms with Gasteiger partial charge in [-0.3, -0.25) is 4.79 Å². The minimum absolute atomic E-state index is 0.166. The molecule has 0 spiro atoms. The zero-order valence-electron chi connectivity index (χ0n) is 17.4. The maximum Gasteiger partial charge on any atom is 0.197 e. The van der Waals surface area contributed by atoms with Gasteiger partial charge in [0, 0.05) is 30.3 Å². The summed E-state index contributed by atoms with van der Waals surface area (Å²) >= 11 is 0. The predicted molar refractivity (Wildman–Crippen MR) is 114 cm³/mol. The second-order valence-corrected chi connectivity index (χ2v) is 6.58. The van der Waals surface area contributed by atoms with Gasteiger partial charge in [0.25, 0.3) is 0 Å². The molecule has 1 heterocycles. The molecule has 0 aliphatic heterocycles. The molecule has 6 heteroatoms. The number of hydrogen-bond acceptors (Lipinski definition) is 6. The zero-order chi connectivity index (χ0) is 20.8. The maximum atomic E-state index is 12.7. The van der Waals surface area contributed by atoms with Crippen LogP contribution in [-0.4, -0.2) is 45.4 Å². The van der Waals surface area contributed by atoms with Crippen LogP contribution < -0.4 is 19.6 Å². The van der Waals surface area contributed by atoms with Crippen LogP contribution in [0.15, 0.2) is 51.7 Å². The fourth-order valence-electron chi connectivity index (χ4n) is 3.20. The molecular formula is C23H27NO5. The maximum absolute atomic E-state index is 12.7. The molecule has 0 fully saturated rings. The molecule has 0 unspecified atom stereocenters. The van der Waals surface area contributed by atoms with E-state index in [0.717, 1.165) is 30.9 Å². The third-order valence-corrected chi connectivity index (χ3v) is 4.93. The highest BCUT2D eigenvalue weighted by Gasteiger charge is 2.13. The van der Waals surface area contributed by atoms with Crippen molar-refractivity contribution in [2.24, 2.45) is 0 Å². The summed E-state index contributed by atoms with van der Waals surface area (Å²) in [5.41, 5.74) is 1.05. The van der Waals surface area contributed by atoms with Crippen LogP contribution in [-0.2, 0) is 0 Å². The second-order valence-electron chi connectivity index (χ2n) is 6.58. The van der Waals surface area contributed by atoms with Gasteiger partial charge >= 0.3 is 0 Å². The quantitative estimate of drug-likeness (QED) is 0.539. The van der Waals surface area contributed by atoms with E-state index in [0.29, 0.717) is 34.8 Å². The third-order valence-electron chi connectivity index (χ3n) is 4.93. The van der Waals surface area contributed by atoms with Crippen molar-refractivity contribution >= 4 is 11.0 Å². The van der Waals surface area contributed by atoms with Crippen molar-refractivity contribution in [3.05, 3.63) is 52.7 Å². The number of benzene rings is 2. The molecule has 0 saturated heterocycles. The molecule has 3 rings (SSSR count). The Kier molecular flexibility index (Phi) is 6.77. The van der Waals surface area contributed by atoms with Crippen molar-refractivity contribution in [1.82, 2.24) is 4.90 Å². The molecule has 0 radical (unpaired) electrons. The van der Waals surface area contributed by atoms with Crippen molar-refractivity contribution in [2.45, 2.75) is 13.8 Å². The van der Waals surface area contributed by atoms with Gasteiger partial charge in [0.2, 0.25) is 0 Å². The first kappa shape index (κ1) is 20.7. The Balaban J connectivity index is 1.84. The van der Waals surface area contributed by atoms with E-state index in [1.54, 1.807) is 19.2 Å². The van der Waals surface area contributed by atoms with Gasteiger partial charge in [-0.25, -0.2) is 0 Å². The lowest BCUT2D eigenvalue weighted by molar-refractivity contribution is 0.223. The van der Waals surface area contributed by atoms with Crippen molar-refractivity contribution in [2.75, 3.05) is 40.5 Å². The second kappa shape index (κ2) is 9.47. The predicted octanol–water partition coefficient (Wildman–Crippen LogP) is 4.20. The molecule has 0 saturated carbocycles. The zero-order valence-corrected chi connectivity index (χ0v) is 17.4. The van der Waals surface area contributed by atoms with E-state index in [1.165, 1.54) is 13.2 Å². The van der Waals surface area contributed by atoms with Crippen LogP contribution in [0.25, 0.3) is 22.3 Å². The lowest BCUT2D eigenvalue weighted by atomic mass is 10.1. The molecule has 0 aliphatic rings. The van der Waals surface area contributed by atoms with Crippen LogP contribution in [0.4, 0.5) is 0 Å². The molecule has 0 bridgehead atoms. The largest absolute Gasteiger partial charge is 0.496 e. The highest BCUT2D eigenvalue weighted by molar-refractivity contribution is 5.86. The Hall–Kier alpha value is -2.99. The molecular weight excluding hydrogens is 370 g/mol. The first-order valence-corrected chi connectivity index (χ1v) is 9.75. The monoisotopic (exact) mass is 397 g/mol. The van der Waals surface area contributed by atoms with Gasteiger partial charge < -0.3 is 23.5 Å². The average molecular weight is 397 g/mol. The van der Waals surface area contributed by atoms with Gasteiger partial charge in [0.05, 0.1) is 14.2 Å². The first-order chi connectivity index (χ1) is 14.1. The van der Waals surface area contributed by atoms with Crippen LogP contribution in [0.2, 0.25) is 0 Å². The van der Waals surface area contributed by atoms with Gasteiger partial charge in [-0.1, -0.05) is 13.8 Å². The van der Waals surface area contributed by atoms with Gasteiger partial charge in [-0.15, -0.1) is 0 Å². The number of hydrogen-bond donors (Lipinski definition) is 0. The molecule has 0 atom stereocenters. The van der Waals surface area contributed by atoms with Crippen molar-refractivity contribution in [3.63, 3.8) is 0 Å². The fraction of sp³-hybridized carbons (Fsp3) is 0.348. The molecule has 29 heavy (non-hydrogen) atoms. The van der Waals surface area contributed by atoms with Crippen molar-refractivity contribution < 1.29 is 18.6 Å². The van der Waals surface area contributed by atoms with Crippen molar-refractivity contribution in [1.29, 1.82) is 0 Å². The molecule has 154 valence electrons. The van der Waals surface area contributed by atoms with E-state index in [2.05, 4.69) is 18.7 Å². The molecule has 0 amide bonds. The molecule has 0 aliphatic carbocycles. The van der Waals surface area contributed by atoms with E-state index in [4.69, 9.17) is 18.6 Å². The topological polar surface area (TPSA) is 61.1 Å². The molecule has 0 N–H and O–H groups in total. The van der Waals surface area contributed by atoms with Gasteiger partial charge in [-0.05, 0) is 37.4 Å². The van der Waals surface area contributed by atoms with Gasteiger partial charge in [0.15, 0.2) is 5.43 Å². The molecule has 1 aromatic heterocycles.